The molecule has 0 saturated heterocycles. The van der Waals surface area contributed by atoms with Crippen molar-refractivity contribution in [2.75, 3.05) is 6.26 Å². The maximum Gasteiger partial charge on any atom is 0.207 e. The molecule has 0 radical (unpaired) electrons. The molecule has 0 aromatic carbocycles. The molecule has 0 spiro atoms. The van der Waals surface area contributed by atoms with Gasteiger partial charge in [-0.25, -0.2) is 9.97 Å². The molecule has 0 aliphatic heterocycles. The number of rotatable bonds is 4. The Hall–Kier alpha value is -0.620. The van der Waals surface area contributed by atoms with Gasteiger partial charge in [-0.15, -0.1) is 0 Å². The summed E-state index contributed by atoms with van der Waals surface area (Å²) in [6.07, 6.45) is 4.23. The van der Waals surface area contributed by atoms with Crippen molar-refractivity contribution in [1.82, 2.24) is 15.3 Å². The minimum atomic E-state index is 0.417. The van der Waals surface area contributed by atoms with E-state index in [1.807, 2.05) is 6.26 Å². The number of nitrogens with one attached hydrogen (secondary N) is 1. The van der Waals surface area contributed by atoms with Crippen molar-refractivity contribution in [3.8, 4) is 0 Å². The van der Waals surface area contributed by atoms with Crippen LogP contribution in [0, 0.1) is 0 Å². The van der Waals surface area contributed by atoms with Gasteiger partial charge >= 0.3 is 0 Å². The molecule has 4 nitrogen and oxygen atoms in total. The predicted octanol–water partition coefficient (Wildman–Crippen LogP) is 1.21. The number of carbonyl (C=O) groups excluding carboxylic acids is 1. The molecule has 13 heavy (non-hydrogen) atoms. The molecular weight excluding hydrogens is 254 g/mol. The van der Waals surface area contributed by atoms with E-state index in [4.69, 9.17) is 0 Å². The molecule has 1 aromatic rings. The molecule has 1 rings (SSSR count). The van der Waals surface area contributed by atoms with Crippen molar-refractivity contribution in [3.05, 3.63) is 16.4 Å². The smallest absolute Gasteiger partial charge is 0.207 e. The summed E-state index contributed by atoms with van der Waals surface area (Å²) in [5.41, 5.74) is 0.784. The number of halogens is 1. The van der Waals surface area contributed by atoms with Gasteiger partial charge in [-0.05, 0) is 22.2 Å². The summed E-state index contributed by atoms with van der Waals surface area (Å²) < 4.78 is 0.805. The molecule has 0 aliphatic rings. The summed E-state index contributed by atoms with van der Waals surface area (Å²) in [6.45, 7) is 0.417. The standard InChI is InChI=1S/C7H8BrN3OS/c1-13-7-10-2-5(8)6(11-7)3-9-4-12/h2,4H,3H2,1H3,(H,9,12). The summed E-state index contributed by atoms with van der Waals surface area (Å²) in [5.74, 6) is 0. The molecule has 1 aromatic heterocycles. The fourth-order valence-electron chi connectivity index (χ4n) is 0.745. The number of amides is 1. The van der Waals surface area contributed by atoms with E-state index < -0.39 is 0 Å². The molecule has 0 aliphatic carbocycles. The second-order valence-corrected chi connectivity index (χ2v) is 3.78. The highest BCUT2D eigenvalue weighted by molar-refractivity contribution is 9.10. The molecule has 0 fully saturated rings. The molecule has 1 N–H and O–H groups in total. The predicted molar refractivity (Wildman–Crippen MR) is 54.4 cm³/mol. The van der Waals surface area contributed by atoms with Crippen LogP contribution in [0.1, 0.15) is 5.69 Å². The summed E-state index contributed by atoms with van der Waals surface area (Å²) in [4.78, 5) is 18.3. The van der Waals surface area contributed by atoms with E-state index in [0.717, 1.165) is 10.2 Å². The lowest BCUT2D eigenvalue weighted by atomic mass is 10.4. The Morgan fingerprint density at radius 2 is 2.54 bits per heavy atom. The first-order chi connectivity index (χ1) is 6.27. The van der Waals surface area contributed by atoms with Gasteiger partial charge < -0.3 is 5.32 Å². The molecule has 0 atom stereocenters. The van der Waals surface area contributed by atoms with Crippen molar-refractivity contribution in [1.29, 1.82) is 0 Å². The van der Waals surface area contributed by atoms with Crippen LogP contribution in [-0.2, 0) is 11.3 Å². The molecule has 0 saturated carbocycles. The first-order valence-electron chi connectivity index (χ1n) is 3.50. The third-order valence-corrected chi connectivity index (χ3v) is 2.55. The van der Waals surface area contributed by atoms with Gasteiger partial charge in [0.1, 0.15) is 0 Å². The Balaban J connectivity index is 2.83. The second kappa shape index (κ2) is 5.18. The largest absolute Gasteiger partial charge is 0.353 e. The van der Waals surface area contributed by atoms with Crippen LogP contribution in [0.2, 0.25) is 0 Å². The summed E-state index contributed by atoms with van der Waals surface area (Å²) in [6, 6.07) is 0. The average Bonchev–Trinajstić information content (AvgIpc) is 2.17. The van der Waals surface area contributed by atoms with Crippen LogP contribution in [0.5, 0.6) is 0 Å². The number of nitrogens with zero attached hydrogens (tertiary/aromatic N) is 2. The lowest BCUT2D eigenvalue weighted by molar-refractivity contribution is -0.109. The molecule has 1 amide bonds. The third kappa shape index (κ3) is 2.96. The van der Waals surface area contributed by atoms with Gasteiger partial charge in [-0.2, -0.15) is 0 Å². The highest BCUT2D eigenvalue weighted by Crippen LogP contribution is 2.16. The fraction of sp³-hybridized carbons (Fsp3) is 0.286. The third-order valence-electron chi connectivity index (χ3n) is 1.33. The Morgan fingerprint density at radius 1 is 1.77 bits per heavy atom. The zero-order chi connectivity index (χ0) is 9.68. The van der Waals surface area contributed by atoms with E-state index in [1.165, 1.54) is 11.8 Å². The van der Waals surface area contributed by atoms with Crippen LogP contribution in [0.25, 0.3) is 0 Å². The van der Waals surface area contributed by atoms with E-state index in [-0.39, 0.29) is 0 Å². The Kier molecular flexibility index (Phi) is 4.17. The number of aromatic nitrogens is 2. The number of carbonyl (C=O) groups is 1. The summed E-state index contributed by atoms with van der Waals surface area (Å²) >= 11 is 4.77. The quantitative estimate of drug-likeness (QED) is 0.503. The second-order valence-electron chi connectivity index (χ2n) is 2.15. The molecule has 70 valence electrons. The maximum atomic E-state index is 10.1. The zero-order valence-corrected chi connectivity index (χ0v) is 9.35. The van der Waals surface area contributed by atoms with E-state index in [2.05, 4.69) is 31.2 Å². The summed E-state index contributed by atoms with van der Waals surface area (Å²) in [7, 11) is 0. The highest BCUT2D eigenvalue weighted by Gasteiger charge is 2.03. The summed E-state index contributed by atoms with van der Waals surface area (Å²) in [5, 5.41) is 3.25. The fourth-order valence-corrected chi connectivity index (χ4v) is 1.44. The van der Waals surface area contributed by atoms with E-state index in [0.29, 0.717) is 18.1 Å². The Morgan fingerprint density at radius 3 is 3.15 bits per heavy atom. The number of hydrogen-bond donors (Lipinski definition) is 1. The zero-order valence-electron chi connectivity index (χ0n) is 6.95. The normalized spacial score (nSPS) is 9.69. The van der Waals surface area contributed by atoms with Gasteiger partial charge in [0.05, 0.1) is 16.7 Å². The van der Waals surface area contributed by atoms with Crippen molar-refractivity contribution in [2.45, 2.75) is 11.7 Å². The molecule has 1 heterocycles. The van der Waals surface area contributed by atoms with Gasteiger partial charge in [0.25, 0.3) is 0 Å². The van der Waals surface area contributed by atoms with E-state index >= 15 is 0 Å². The average molecular weight is 262 g/mol. The number of thioether (sulfide) groups is 1. The minimum absolute atomic E-state index is 0.417. The van der Waals surface area contributed by atoms with Gasteiger partial charge in [0, 0.05) is 6.20 Å². The van der Waals surface area contributed by atoms with Crippen molar-refractivity contribution in [3.63, 3.8) is 0 Å². The topological polar surface area (TPSA) is 54.9 Å². The van der Waals surface area contributed by atoms with E-state index in [1.54, 1.807) is 6.20 Å². The van der Waals surface area contributed by atoms with Crippen molar-refractivity contribution >= 4 is 34.1 Å². The van der Waals surface area contributed by atoms with Gasteiger partial charge in [-0.1, -0.05) is 11.8 Å². The lowest BCUT2D eigenvalue weighted by Gasteiger charge is -2.03. The first-order valence-corrected chi connectivity index (χ1v) is 5.52. The van der Waals surface area contributed by atoms with Crippen LogP contribution in [0.3, 0.4) is 0 Å². The molecule has 6 heteroatoms. The van der Waals surface area contributed by atoms with Gasteiger partial charge in [0.15, 0.2) is 5.16 Å². The Bertz CT molecular complexity index is 308. The van der Waals surface area contributed by atoms with Crippen LogP contribution in [0.4, 0.5) is 0 Å². The molecular formula is C7H8BrN3OS. The highest BCUT2D eigenvalue weighted by atomic mass is 79.9. The monoisotopic (exact) mass is 261 g/mol. The molecule has 0 bridgehead atoms. The van der Waals surface area contributed by atoms with Gasteiger partial charge in [-0.3, -0.25) is 4.79 Å². The van der Waals surface area contributed by atoms with Crippen LogP contribution in [0.15, 0.2) is 15.8 Å². The maximum absolute atomic E-state index is 10.1. The van der Waals surface area contributed by atoms with Crippen molar-refractivity contribution < 1.29 is 4.79 Å². The minimum Gasteiger partial charge on any atom is -0.353 e. The van der Waals surface area contributed by atoms with Crippen LogP contribution in [-0.4, -0.2) is 22.6 Å². The SMILES string of the molecule is CSc1ncc(Br)c(CNC=O)n1. The first kappa shape index (κ1) is 10.5. The van der Waals surface area contributed by atoms with Gasteiger partial charge in [0.2, 0.25) is 6.41 Å². The lowest BCUT2D eigenvalue weighted by Crippen LogP contribution is -2.12. The molecule has 0 unspecified atom stereocenters. The Labute approximate surface area is 88.7 Å². The van der Waals surface area contributed by atoms with Crippen molar-refractivity contribution in [2.24, 2.45) is 0 Å². The van der Waals surface area contributed by atoms with Crippen LogP contribution < -0.4 is 5.32 Å². The van der Waals surface area contributed by atoms with E-state index in [9.17, 15) is 4.79 Å². The van der Waals surface area contributed by atoms with Crippen LogP contribution >= 0.6 is 27.7 Å². The number of hydrogen-bond acceptors (Lipinski definition) is 4.